The Morgan fingerprint density at radius 1 is 1.28 bits per heavy atom. The van der Waals surface area contributed by atoms with Crippen molar-refractivity contribution in [3.05, 3.63) is 24.3 Å². The minimum atomic E-state index is -0.224. The minimum absolute atomic E-state index is 0.121. The molecule has 1 atom stereocenters. The van der Waals surface area contributed by atoms with Crippen molar-refractivity contribution in [3.8, 4) is 5.75 Å². The van der Waals surface area contributed by atoms with E-state index in [1.54, 1.807) is 7.11 Å². The van der Waals surface area contributed by atoms with E-state index in [4.69, 9.17) is 4.74 Å². The lowest BCUT2D eigenvalue weighted by Gasteiger charge is -2.24. The molecule has 0 radical (unpaired) electrons. The monoisotopic (exact) mass is 250 g/mol. The minimum Gasteiger partial charge on any atom is -0.497 e. The number of nitrogens with one attached hydrogen (secondary N) is 1. The average molecular weight is 250 g/mol. The molecule has 1 aromatic carbocycles. The van der Waals surface area contributed by atoms with Gasteiger partial charge in [0.25, 0.3) is 0 Å². The van der Waals surface area contributed by atoms with Gasteiger partial charge in [0.2, 0.25) is 5.91 Å². The third kappa shape index (κ3) is 3.65. The lowest BCUT2D eigenvalue weighted by molar-refractivity contribution is -0.131. The standard InChI is InChI=1S/C14H22N2O2/c1-5-16(6-2)14(17)11(3)15-12-7-9-13(18-4)10-8-12/h7-11,15H,5-6H2,1-4H3. The van der Waals surface area contributed by atoms with Crippen LogP contribution in [0.1, 0.15) is 20.8 Å². The number of nitrogens with zero attached hydrogens (tertiary/aromatic N) is 1. The van der Waals surface area contributed by atoms with Gasteiger partial charge in [-0.15, -0.1) is 0 Å². The van der Waals surface area contributed by atoms with E-state index in [9.17, 15) is 4.79 Å². The van der Waals surface area contributed by atoms with Gasteiger partial charge in [-0.05, 0) is 45.0 Å². The van der Waals surface area contributed by atoms with Gasteiger partial charge in [0.1, 0.15) is 11.8 Å². The Labute approximate surface area is 109 Å². The van der Waals surface area contributed by atoms with Crippen molar-refractivity contribution >= 4 is 11.6 Å². The van der Waals surface area contributed by atoms with Crippen LogP contribution in [0.4, 0.5) is 5.69 Å². The quantitative estimate of drug-likeness (QED) is 0.842. The van der Waals surface area contributed by atoms with Gasteiger partial charge in [0, 0.05) is 18.8 Å². The van der Waals surface area contributed by atoms with Crippen LogP contribution >= 0.6 is 0 Å². The average Bonchev–Trinajstić information content (AvgIpc) is 2.40. The molecule has 1 unspecified atom stereocenters. The van der Waals surface area contributed by atoms with Crippen LogP contribution < -0.4 is 10.1 Å². The third-order valence-corrected chi connectivity index (χ3v) is 2.92. The van der Waals surface area contributed by atoms with E-state index in [0.717, 1.165) is 24.5 Å². The second-order valence-electron chi connectivity index (χ2n) is 4.11. The maximum absolute atomic E-state index is 12.1. The first-order valence-electron chi connectivity index (χ1n) is 6.31. The summed E-state index contributed by atoms with van der Waals surface area (Å²) in [6, 6.07) is 7.34. The summed E-state index contributed by atoms with van der Waals surface area (Å²) < 4.78 is 5.09. The second kappa shape index (κ2) is 6.89. The van der Waals surface area contributed by atoms with Crippen LogP contribution in [-0.4, -0.2) is 37.0 Å². The van der Waals surface area contributed by atoms with Crippen molar-refractivity contribution in [3.63, 3.8) is 0 Å². The van der Waals surface area contributed by atoms with Crippen molar-refractivity contribution in [2.24, 2.45) is 0 Å². The van der Waals surface area contributed by atoms with Gasteiger partial charge in [-0.2, -0.15) is 0 Å². The molecule has 18 heavy (non-hydrogen) atoms. The molecule has 1 rings (SSSR count). The number of carbonyl (C=O) groups excluding carboxylic acids is 1. The van der Waals surface area contributed by atoms with Crippen molar-refractivity contribution < 1.29 is 9.53 Å². The molecule has 0 saturated heterocycles. The Morgan fingerprint density at radius 3 is 2.28 bits per heavy atom. The molecular weight excluding hydrogens is 228 g/mol. The van der Waals surface area contributed by atoms with E-state index in [1.165, 1.54) is 0 Å². The number of amides is 1. The zero-order valence-corrected chi connectivity index (χ0v) is 11.6. The van der Waals surface area contributed by atoms with Crippen LogP contribution in [-0.2, 0) is 4.79 Å². The number of hydrogen-bond acceptors (Lipinski definition) is 3. The lowest BCUT2D eigenvalue weighted by Crippen LogP contribution is -2.41. The molecule has 1 aromatic rings. The van der Waals surface area contributed by atoms with Crippen LogP contribution in [0.25, 0.3) is 0 Å². The summed E-state index contributed by atoms with van der Waals surface area (Å²) >= 11 is 0. The summed E-state index contributed by atoms with van der Waals surface area (Å²) in [5.74, 6) is 0.930. The zero-order chi connectivity index (χ0) is 13.5. The zero-order valence-electron chi connectivity index (χ0n) is 11.6. The van der Waals surface area contributed by atoms with Crippen molar-refractivity contribution in [2.45, 2.75) is 26.8 Å². The Hall–Kier alpha value is -1.71. The van der Waals surface area contributed by atoms with Gasteiger partial charge in [-0.3, -0.25) is 4.79 Å². The maximum Gasteiger partial charge on any atom is 0.244 e. The molecular formula is C14H22N2O2. The second-order valence-corrected chi connectivity index (χ2v) is 4.11. The molecule has 100 valence electrons. The summed E-state index contributed by atoms with van der Waals surface area (Å²) in [7, 11) is 1.63. The number of hydrogen-bond donors (Lipinski definition) is 1. The van der Waals surface area contributed by atoms with E-state index >= 15 is 0 Å². The molecule has 0 aliphatic carbocycles. The Kier molecular flexibility index (Phi) is 5.49. The van der Waals surface area contributed by atoms with Crippen LogP contribution in [0.3, 0.4) is 0 Å². The van der Waals surface area contributed by atoms with Crippen molar-refractivity contribution in [1.82, 2.24) is 4.90 Å². The van der Waals surface area contributed by atoms with E-state index in [0.29, 0.717) is 0 Å². The molecule has 0 aliphatic heterocycles. The molecule has 0 aliphatic rings. The van der Waals surface area contributed by atoms with E-state index in [2.05, 4.69) is 5.32 Å². The fraction of sp³-hybridized carbons (Fsp3) is 0.500. The smallest absolute Gasteiger partial charge is 0.244 e. The van der Waals surface area contributed by atoms with Gasteiger partial charge < -0.3 is 15.0 Å². The number of anilines is 1. The van der Waals surface area contributed by atoms with Crippen molar-refractivity contribution in [1.29, 1.82) is 0 Å². The normalized spacial score (nSPS) is 11.8. The largest absolute Gasteiger partial charge is 0.497 e. The predicted octanol–water partition coefficient (Wildman–Crippen LogP) is 2.36. The molecule has 1 N–H and O–H groups in total. The fourth-order valence-corrected chi connectivity index (χ4v) is 1.81. The van der Waals surface area contributed by atoms with Crippen LogP contribution in [0, 0.1) is 0 Å². The Bertz CT molecular complexity index is 372. The predicted molar refractivity (Wildman–Crippen MR) is 74.0 cm³/mol. The molecule has 0 bridgehead atoms. The lowest BCUT2D eigenvalue weighted by atomic mass is 10.2. The number of rotatable bonds is 6. The van der Waals surface area contributed by atoms with Gasteiger partial charge >= 0.3 is 0 Å². The number of likely N-dealkylation sites (N-methyl/N-ethyl adjacent to an activating group) is 1. The topological polar surface area (TPSA) is 41.6 Å². The summed E-state index contributed by atoms with van der Waals surface area (Å²) in [5.41, 5.74) is 0.920. The first kappa shape index (κ1) is 14.4. The Morgan fingerprint density at radius 2 is 1.83 bits per heavy atom. The van der Waals surface area contributed by atoms with Crippen molar-refractivity contribution in [2.75, 3.05) is 25.5 Å². The first-order chi connectivity index (χ1) is 8.62. The highest BCUT2D eigenvalue weighted by atomic mass is 16.5. The number of benzene rings is 1. The fourth-order valence-electron chi connectivity index (χ4n) is 1.81. The molecule has 4 nitrogen and oxygen atoms in total. The Balaban J connectivity index is 2.62. The van der Waals surface area contributed by atoms with Gasteiger partial charge in [-0.1, -0.05) is 0 Å². The van der Waals surface area contributed by atoms with Crippen LogP contribution in [0.2, 0.25) is 0 Å². The summed E-state index contributed by atoms with van der Waals surface area (Å²) in [4.78, 5) is 13.9. The molecule has 1 amide bonds. The first-order valence-corrected chi connectivity index (χ1v) is 6.31. The van der Waals surface area contributed by atoms with Gasteiger partial charge in [0.15, 0.2) is 0 Å². The maximum atomic E-state index is 12.1. The molecule has 4 heteroatoms. The highest BCUT2D eigenvalue weighted by Gasteiger charge is 2.17. The van der Waals surface area contributed by atoms with E-state index in [-0.39, 0.29) is 11.9 Å². The number of carbonyl (C=O) groups is 1. The van der Waals surface area contributed by atoms with Crippen LogP contribution in [0.15, 0.2) is 24.3 Å². The van der Waals surface area contributed by atoms with E-state index in [1.807, 2.05) is 49.9 Å². The highest BCUT2D eigenvalue weighted by Crippen LogP contribution is 2.16. The number of methoxy groups -OCH3 is 1. The molecule has 0 aromatic heterocycles. The summed E-state index contributed by atoms with van der Waals surface area (Å²) in [5, 5.41) is 3.20. The molecule has 0 saturated carbocycles. The van der Waals surface area contributed by atoms with Gasteiger partial charge in [0.05, 0.1) is 7.11 Å². The number of ether oxygens (including phenoxy) is 1. The molecule has 0 heterocycles. The van der Waals surface area contributed by atoms with Gasteiger partial charge in [-0.25, -0.2) is 0 Å². The molecule has 0 fully saturated rings. The van der Waals surface area contributed by atoms with E-state index < -0.39 is 0 Å². The third-order valence-electron chi connectivity index (χ3n) is 2.92. The molecule has 0 spiro atoms. The summed E-state index contributed by atoms with van der Waals surface area (Å²) in [6.45, 7) is 7.34. The van der Waals surface area contributed by atoms with Crippen LogP contribution in [0.5, 0.6) is 5.75 Å². The highest BCUT2D eigenvalue weighted by molar-refractivity contribution is 5.84. The SMILES string of the molecule is CCN(CC)C(=O)C(C)Nc1ccc(OC)cc1. The summed E-state index contributed by atoms with van der Waals surface area (Å²) in [6.07, 6.45) is 0.